The maximum absolute atomic E-state index is 5.72. The standard InChI is InChI=1S/C12H21N3O2/c1-16-9-7-15-10-13-14-12(15)6-5-11-4-2-3-8-17-11/h10-11H,2-9H2,1H3. The molecular weight excluding hydrogens is 218 g/mol. The molecule has 5 nitrogen and oxygen atoms in total. The highest BCUT2D eigenvalue weighted by atomic mass is 16.5. The minimum atomic E-state index is 0.413. The minimum absolute atomic E-state index is 0.413. The third-order valence-corrected chi connectivity index (χ3v) is 3.20. The minimum Gasteiger partial charge on any atom is -0.383 e. The van der Waals surface area contributed by atoms with E-state index in [0.717, 1.165) is 31.8 Å². The molecular formula is C12H21N3O2. The van der Waals surface area contributed by atoms with Crippen molar-refractivity contribution in [1.29, 1.82) is 0 Å². The van der Waals surface area contributed by atoms with Crippen molar-refractivity contribution in [3.05, 3.63) is 12.2 Å². The predicted molar refractivity (Wildman–Crippen MR) is 63.8 cm³/mol. The van der Waals surface area contributed by atoms with Gasteiger partial charge in [-0.1, -0.05) is 0 Å². The Morgan fingerprint density at radius 2 is 2.47 bits per heavy atom. The van der Waals surface area contributed by atoms with Crippen LogP contribution in [0.1, 0.15) is 31.5 Å². The first-order valence-electron chi connectivity index (χ1n) is 6.37. The first-order chi connectivity index (χ1) is 8.40. The van der Waals surface area contributed by atoms with Crippen molar-refractivity contribution in [2.45, 2.75) is 44.8 Å². The van der Waals surface area contributed by atoms with Crippen molar-refractivity contribution in [3.8, 4) is 0 Å². The lowest BCUT2D eigenvalue weighted by atomic mass is 10.0. The van der Waals surface area contributed by atoms with Crippen LogP contribution in [0.15, 0.2) is 6.33 Å². The molecule has 1 aliphatic heterocycles. The van der Waals surface area contributed by atoms with Crippen molar-refractivity contribution in [3.63, 3.8) is 0 Å². The number of methoxy groups -OCH3 is 1. The van der Waals surface area contributed by atoms with Gasteiger partial charge in [-0.25, -0.2) is 0 Å². The van der Waals surface area contributed by atoms with Gasteiger partial charge in [-0.3, -0.25) is 0 Å². The van der Waals surface area contributed by atoms with Crippen LogP contribution in [0.5, 0.6) is 0 Å². The van der Waals surface area contributed by atoms with Gasteiger partial charge in [0.2, 0.25) is 0 Å². The van der Waals surface area contributed by atoms with Crippen LogP contribution in [-0.2, 0) is 22.4 Å². The van der Waals surface area contributed by atoms with Crippen LogP contribution < -0.4 is 0 Å². The molecule has 5 heteroatoms. The van der Waals surface area contributed by atoms with Crippen molar-refractivity contribution in [1.82, 2.24) is 14.8 Å². The van der Waals surface area contributed by atoms with Crippen LogP contribution >= 0.6 is 0 Å². The second kappa shape index (κ2) is 6.71. The maximum atomic E-state index is 5.72. The fraction of sp³-hybridized carbons (Fsp3) is 0.833. The van der Waals surface area contributed by atoms with E-state index in [0.29, 0.717) is 12.7 Å². The van der Waals surface area contributed by atoms with E-state index >= 15 is 0 Å². The molecule has 1 atom stereocenters. The van der Waals surface area contributed by atoms with Gasteiger partial charge in [0.05, 0.1) is 12.7 Å². The Balaban J connectivity index is 1.79. The van der Waals surface area contributed by atoms with Gasteiger partial charge in [0, 0.05) is 26.7 Å². The zero-order chi connectivity index (χ0) is 11.9. The molecule has 2 rings (SSSR count). The second-order valence-electron chi connectivity index (χ2n) is 4.46. The van der Waals surface area contributed by atoms with Crippen molar-refractivity contribution in [2.75, 3.05) is 20.3 Å². The summed E-state index contributed by atoms with van der Waals surface area (Å²) in [6.07, 6.45) is 7.86. The van der Waals surface area contributed by atoms with Crippen LogP contribution in [0.25, 0.3) is 0 Å². The molecule has 0 saturated carbocycles. The molecule has 0 aromatic carbocycles. The summed E-state index contributed by atoms with van der Waals surface area (Å²) in [6.45, 7) is 2.44. The van der Waals surface area contributed by atoms with E-state index in [1.807, 2.05) is 0 Å². The first-order valence-corrected chi connectivity index (χ1v) is 6.37. The summed E-state index contributed by atoms with van der Waals surface area (Å²) in [5.41, 5.74) is 0. The van der Waals surface area contributed by atoms with Crippen LogP contribution in [0.4, 0.5) is 0 Å². The summed E-state index contributed by atoms with van der Waals surface area (Å²) in [4.78, 5) is 0. The summed E-state index contributed by atoms with van der Waals surface area (Å²) >= 11 is 0. The number of rotatable bonds is 6. The predicted octanol–water partition coefficient (Wildman–Crippen LogP) is 1.43. The summed E-state index contributed by atoms with van der Waals surface area (Å²) in [7, 11) is 1.71. The van der Waals surface area contributed by atoms with E-state index in [-0.39, 0.29) is 0 Å². The lowest BCUT2D eigenvalue weighted by Crippen LogP contribution is -2.20. The highest BCUT2D eigenvalue weighted by molar-refractivity contribution is 4.87. The van der Waals surface area contributed by atoms with Gasteiger partial charge in [0.1, 0.15) is 12.2 Å². The van der Waals surface area contributed by atoms with E-state index in [1.54, 1.807) is 13.4 Å². The largest absolute Gasteiger partial charge is 0.383 e. The number of hydrogen-bond acceptors (Lipinski definition) is 4. The highest BCUT2D eigenvalue weighted by Gasteiger charge is 2.15. The second-order valence-corrected chi connectivity index (χ2v) is 4.46. The third kappa shape index (κ3) is 3.78. The molecule has 0 N–H and O–H groups in total. The Hall–Kier alpha value is -0.940. The molecule has 96 valence electrons. The van der Waals surface area contributed by atoms with Crippen molar-refractivity contribution >= 4 is 0 Å². The van der Waals surface area contributed by atoms with E-state index in [1.165, 1.54) is 19.3 Å². The quantitative estimate of drug-likeness (QED) is 0.753. The molecule has 1 unspecified atom stereocenters. The van der Waals surface area contributed by atoms with Crippen molar-refractivity contribution < 1.29 is 9.47 Å². The fourth-order valence-electron chi connectivity index (χ4n) is 2.17. The molecule has 1 aromatic rings. The van der Waals surface area contributed by atoms with E-state index in [9.17, 15) is 0 Å². The zero-order valence-electron chi connectivity index (χ0n) is 10.5. The monoisotopic (exact) mass is 239 g/mol. The summed E-state index contributed by atoms with van der Waals surface area (Å²) < 4.78 is 12.8. The Morgan fingerprint density at radius 1 is 1.53 bits per heavy atom. The topological polar surface area (TPSA) is 49.2 Å². The maximum Gasteiger partial charge on any atom is 0.132 e. The van der Waals surface area contributed by atoms with Crippen LogP contribution in [0.2, 0.25) is 0 Å². The average molecular weight is 239 g/mol. The van der Waals surface area contributed by atoms with E-state index in [4.69, 9.17) is 9.47 Å². The number of hydrogen-bond donors (Lipinski definition) is 0. The third-order valence-electron chi connectivity index (χ3n) is 3.20. The Kier molecular flexibility index (Phi) is 4.94. The van der Waals surface area contributed by atoms with Gasteiger partial charge in [-0.2, -0.15) is 0 Å². The molecule has 0 amide bonds. The van der Waals surface area contributed by atoms with E-state index in [2.05, 4.69) is 14.8 Å². The van der Waals surface area contributed by atoms with Crippen molar-refractivity contribution in [2.24, 2.45) is 0 Å². The number of ether oxygens (including phenoxy) is 2. The SMILES string of the molecule is COCCn1cnnc1CCC1CCCCO1. The molecule has 1 aromatic heterocycles. The smallest absolute Gasteiger partial charge is 0.132 e. The molecule has 0 radical (unpaired) electrons. The van der Waals surface area contributed by atoms with Crippen LogP contribution in [0.3, 0.4) is 0 Å². The van der Waals surface area contributed by atoms with Crippen LogP contribution in [-0.4, -0.2) is 41.2 Å². The summed E-state index contributed by atoms with van der Waals surface area (Å²) in [6, 6.07) is 0. The van der Waals surface area contributed by atoms with Gasteiger partial charge < -0.3 is 14.0 Å². The molecule has 0 bridgehead atoms. The summed E-state index contributed by atoms with van der Waals surface area (Å²) in [5, 5.41) is 8.11. The average Bonchev–Trinajstić information content (AvgIpc) is 2.82. The fourth-order valence-corrected chi connectivity index (χ4v) is 2.17. The number of aromatic nitrogens is 3. The van der Waals surface area contributed by atoms with Gasteiger partial charge in [0.25, 0.3) is 0 Å². The van der Waals surface area contributed by atoms with Crippen LogP contribution in [0, 0.1) is 0 Å². The lowest BCUT2D eigenvalue weighted by Gasteiger charge is -2.22. The zero-order valence-corrected chi connectivity index (χ0v) is 10.5. The molecule has 2 heterocycles. The number of aryl methyl sites for hydroxylation is 1. The molecule has 0 spiro atoms. The molecule has 0 aliphatic carbocycles. The normalized spacial score (nSPS) is 20.6. The lowest BCUT2D eigenvalue weighted by molar-refractivity contribution is 0.0110. The van der Waals surface area contributed by atoms with E-state index < -0.39 is 0 Å². The molecule has 1 fully saturated rings. The Morgan fingerprint density at radius 3 is 3.24 bits per heavy atom. The van der Waals surface area contributed by atoms with Gasteiger partial charge in [0.15, 0.2) is 0 Å². The van der Waals surface area contributed by atoms with Gasteiger partial charge in [-0.05, 0) is 25.7 Å². The number of nitrogens with zero attached hydrogens (tertiary/aromatic N) is 3. The Bertz CT molecular complexity index is 321. The van der Waals surface area contributed by atoms with Gasteiger partial charge >= 0.3 is 0 Å². The molecule has 1 saturated heterocycles. The first kappa shape index (κ1) is 12.5. The molecule has 1 aliphatic rings. The summed E-state index contributed by atoms with van der Waals surface area (Å²) in [5.74, 6) is 1.04. The Labute approximate surface area is 102 Å². The highest BCUT2D eigenvalue weighted by Crippen LogP contribution is 2.17. The molecule has 17 heavy (non-hydrogen) atoms. The van der Waals surface area contributed by atoms with Gasteiger partial charge in [-0.15, -0.1) is 10.2 Å².